The van der Waals surface area contributed by atoms with Crippen LogP contribution in [0.1, 0.15) is 46.5 Å². The van der Waals surface area contributed by atoms with E-state index in [4.69, 9.17) is 4.74 Å². The van der Waals surface area contributed by atoms with Crippen LogP contribution < -0.4 is 0 Å². The van der Waals surface area contributed by atoms with E-state index in [-0.39, 0.29) is 6.09 Å². The predicted octanol–water partition coefficient (Wildman–Crippen LogP) is 2.73. The fraction of sp³-hybridized carbons (Fsp3) is 0.933. The van der Waals surface area contributed by atoms with Gasteiger partial charge in [0.05, 0.1) is 0 Å². The summed E-state index contributed by atoms with van der Waals surface area (Å²) in [6.07, 6.45) is 4.71. The number of hydrogen-bond acceptors (Lipinski definition) is 3. The van der Waals surface area contributed by atoms with Gasteiger partial charge in [-0.15, -0.1) is 0 Å². The van der Waals surface area contributed by atoms with Crippen molar-refractivity contribution < 1.29 is 9.53 Å². The van der Waals surface area contributed by atoms with Gasteiger partial charge in [-0.1, -0.05) is 0 Å². The SMILES string of the molecule is CN(C)C1CC2(CCN(C(=O)OC(C)(C)C)CC2)C1. The first-order valence-corrected chi connectivity index (χ1v) is 7.35. The lowest BCUT2D eigenvalue weighted by molar-refractivity contribution is -0.0362. The molecular weight excluding hydrogens is 240 g/mol. The van der Waals surface area contributed by atoms with Crippen molar-refractivity contribution in [3.05, 3.63) is 0 Å². The van der Waals surface area contributed by atoms with E-state index in [9.17, 15) is 4.79 Å². The van der Waals surface area contributed by atoms with E-state index in [0.29, 0.717) is 5.41 Å². The molecule has 110 valence electrons. The number of hydrogen-bond donors (Lipinski definition) is 0. The summed E-state index contributed by atoms with van der Waals surface area (Å²) in [6, 6.07) is 0.744. The highest BCUT2D eigenvalue weighted by atomic mass is 16.6. The van der Waals surface area contributed by atoms with Gasteiger partial charge in [-0.25, -0.2) is 4.79 Å². The molecule has 4 heteroatoms. The van der Waals surface area contributed by atoms with Crippen molar-refractivity contribution >= 4 is 6.09 Å². The van der Waals surface area contributed by atoms with E-state index < -0.39 is 5.60 Å². The number of carbonyl (C=O) groups is 1. The highest BCUT2D eigenvalue weighted by Gasteiger charge is 2.47. The highest BCUT2D eigenvalue weighted by Crippen LogP contribution is 2.50. The molecule has 1 heterocycles. The maximum Gasteiger partial charge on any atom is 0.410 e. The molecular formula is C15H28N2O2. The number of ether oxygens (including phenoxy) is 1. The largest absolute Gasteiger partial charge is 0.444 e. The minimum absolute atomic E-state index is 0.147. The first-order valence-electron chi connectivity index (χ1n) is 7.35. The Morgan fingerprint density at radius 1 is 1.21 bits per heavy atom. The third kappa shape index (κ3) is 3.41. The quantitative estimate of drug-likeness (QED) is 0.733. The lowest BCUT2D eigenvalue weighted by Gasteiger charge is -2.54. The van der Waals surface area contributed by atoms with Crippen LogP contribution in [0.4, 0.5) is 4.79 Å². The van der Waals surface area contributed by atoms with Gasteiger partial charge in [0.1, 0.15) is 5.60 Å². The highest BCUT2D eigenvalue weighted by molar-refractivity contribution is 5.68. The Morgan fingerprint density at radius 3 is 2.16 bits per heavy atom. The minimum atomic E-state index is -0.390. The standard InChI is InChI=1S/C15H28N2O2/c1-14(2,3)19-13(18)17-8-6-15(7-9-17)10-12(11-15)16(4)5/h12H,6-11H2,1-5H3. The first kappa shape index (κ1) is 14.6. The minimum Gasteiger partial charge on any atom is -0.444 e. The van der Waals surface area contributed by atoms with E-state index in [1.807, 2.05) is 25.7 Å². The van der Waals surface area contributed by atoms with Gasteiger partial charge < -0.3 is 14.5 Å². The molecule has 0 unspecified atom stereocenters. The maximum absolute atomic E-state index is 12.0. The molecule has 0 N–H and O–H groups in total. The van der Waals surface area contributed by atoms with Crippen molar-refractivity contribution in [2.24, 2.45) is 5.41 Å². The van der Waals surface area contributed by atoms with Crippen LogP contribution >= 0.6 is 0 Å². The van der Waals surface area contributed by atoms with Gasteiger partial charge in [0.15, 0.2) is 0 Å². The third-order valence-corrected chi connectivity index (χ3v) is 4.54. The second-order valence-corrected chi connectivity index (χ2v) is 7.49. The second-order valence-electron chi connectivity index (χ2n) is 7.49. The summed E-state index contributed by atoms with van der Waals surface area (Å²) in [7, 11) is 4.32. The molecule has 0 atom stereocenters. The average Bonchev–Trinajstić information content (AvgIpc) is 2.23. The van der Waals surface area contributed by atoms with E-state index in [1.165, 1.54) is 12.8 Å². The molecule has 1 spiro atoms. The van der Waals surface area contributed by atoms with Gasteiger partial charge >= 0.3 is 6.09 Å². The molecule has 19 heavy (non-hydrogen) atoms. The number of likely N-dealkylation sites (tertiary alicyclic amines) is 1. The van der Waals surface area contributed by atoms with Crippen LogP contribution in [0.2, 0.25) is 0 Å². The van der Waals surface area contributed by atoms with Gasteiger partial charge in [0.25, 0.3) is 0 Å². The number of piperidine rings is 1. The van der Waals surface area contributed by atoms with Crippen LogP contribution in [0.3, 0.4) is 0 Å². The molecule has 0 aromatic rings. The fourth-order valence-corrected chi connectivity index (χ4v) is 3.20. The van der Waals surface area contributed by atoms with Crippen LogP contribution in [0.15, 0.2) is 0 Å². The van der Waals surface area contributed by atoms with Crippen molar-refractivity contribution in [2.45, 2.75) is 58.1 Å². The van der Waals surface area contributed by atoms with Crippen LogP contribution in [0, 0.1) is 5.41 Å². The topological polar surface area (TPSA) is 32.8 Å². The predicted molar refractivity (Wildman–Crippen MR) is 76.2 cm³/mol. The van der Waals surface area contributed by atoms with Crippen molar-refractivity contribution in [3.8, 4) is 0 Å². The molecule has 0 aromatic carbocycles. The van der Waals surface area contributed by atoms with E-state index in [0.717, 1.165) is 32.0 Å². The summed E-state index contributed by atoms with van der Waals surface area (Å²) in [6.45, 7) is 7.47. The first-order chi connectivity index (χ1) is 8.71. The normalized spacial score (nSPS) is 23.6. The van der Waals surface area contributed by atoms with Gasteiger partial charge in [0.2, 0.25) is 0 Å². The Bertz CT molecular complexity index is 331. The Morgan fingerprint density at radius 2 is 1.74 bits per heavy atom. The molecule has 2 aliphatic rings. The second kappa shape index (κ2) is 4.97. The summed E-state index contributed by atoms with van der Waals surface area (Å²) in [5.74, 6) is 0. The molecule has 2 fully saturated rings. The van der Waals surface area contributed by atoms with E-state index in [2.05, 4.69) is 19.0 Å². The van der Waals surface area contributed by atoms with Crippen LogP contribution in [0.25, 0.3) is 0 Å². The number of amides is 1. The third-order valence-electron chi connectivity index (χ3n) is 4.54. The molecule has 1 amide bonds. The van der Waals surface area contributed by atoms with Crippen molar-refractivity contribution in [2.75, 3.05) is 27.2 Å². The Balaban J connectivity index is 1.79. The zero-order chi connectivity index (χ0) is 14.3. The van der Waals surface area contributed by atoms with Crippen LogP contribution in [-0.2, 0) is 4.74 Å². The molecule has 1 saturated heterocycles. The van der Waals surface area contributed by atoms with Crippen LogP contribution in [-0.4, -0.2) is 54.7 Å². The van der Waals surface area contributed by atoms with Gasteiger partial charge in [-0.3, -0.25) is 0 Å². The zero-order valence-electron chi connectivity index (χ0n) is 13.0. The zero-order valence-corrected chi connectivity index (χ0v) is 13.0. The van der Waals surface area contributed by atoms with Gasteiger partial charge in [0, 0.05) is 19.1 Å². The van der Waals surface area contributed by atoms with Gasteiger partial charge in [-0.05, 0) is 66.0 Å². The molecule has 2 rings (SSSR count). The Labute approximate surface area is 117 Å². The lowest BCUT2D eigenvalue weighted by atomic mass is 9.60. The summed E-state index contributed by atoms with van der Waals surface area (Å²) >= 11 is 0. The average molecular weight is 268 g/mol. The molecule has 1 aliphatic heterocycles. The molecule has 4 nitrogen and oxygen atoms in total. The molecule has 0 radical (unpaired) electrons. The van der Waals surface area contributed by atoms with Crippen molar-refractivity contribution in [1.29, 1.82) is 0 Å². The number of rotatable bonds is 1. The molecule has 1 aliphatic carbocycles. The molecule has 0 bridgehead atoms. The maximum atomic E-state index is 12.0. The monoisotopic (exact) mass is 268 g/mol. The molecule has 1 saturated carbocycles. The van der Waals surface area contributed by atoms with E-state index in [1.54, 1.807) is 0 Å². The Hall–Kier alpha value is -0.770. The summed E-state index contributed by atoms with van der Waals surface area (Å²) in [4.78, 5) is 16.2. The Kier molecular flexibility index (Phi) is 3.83. The lowest BCUT2D eigenvalue weighted by Crippen LogP contribution is -2.54. The van der Waals surface area contributed by atoms with E-state index >= 15 is 0 Å². The van der Waals surface area contributed by atoms with Crippen molar-refractivity contribution in [1.82, 2.24) is 9.80 Å². The van der Waals surface area contributed by atoms with Crippen LogP contribution in [0.5, 0.6) is 0 Å². The number of nitrogens with zero attached hydrogens (tertiary/aromatic N) is 2. The van der Waals surface area contributed by atoms with Crippen molar-refractivity contribution in [3.63, 3.8) is 0 Å². The summed E-state index contributed by atoms with van der Waals surface area (Å²) in [5, 5.41) is 0. The summed E-state index contributed by atoms with van der Waals surface area (Å²) in [5.41, 5.74) is 0.117. The summed E-state index contributed by atoms with van der Waals surface area (Å²) < 4.78 is 5.44. The molecule has 0 aromatic heterocycles. The number of carbonyl (C=O) groups excluding carboxylic acids is 1. The smallest absolute Gasteiger partial charge is 0.410 e. The fourth-order valence-electron chi connectivity index (χ4n) is 3.20. The van der Waals surface area contributed by atoms with Gasteiger partial charge in [-0.2, -0.15) is 0 Å².